The Morgan fingerprint density at radius 3 is 2.29 bits per heavy atom. The molecule has 3 aliphatic rings. The molecule has 0 saturated carbocycles. The summed E-state index contributed by atoms with van der Waals surface area (Å²) in [5.74, 6) is -4.84. The summed E-state index contributed by atoms with van der Waals surface area (Å²) in [6.45, 7) is 12.1. The molecular formula is C62H87Br2ClN8O17. The topological polar surface area (TPSA) is 334 Å². The van der Waals surface area contributed by atoms with Crippen LogP contribution in [0, 0.1) is 17.8 Å². The lowest BCUT2D eigenvalue weighted by molar-refractivity contribution is -0.158. The summed E-state index contributed by atoms with van der Waals surface area (Å²) in [5.41, 5.74) is 4.01. The zero-order valence-electron chi connectivity index (χ0n) is 53.0. The fraction of sp³-hybridized carbons (Fsp3) is 0.597. The predicted molar refractivity (Wildman–Crippen MR) is 343 cm³/mol. The fourth-order valence-corrected chi connectivity index (χ4v) is 12.6. The number of halogens is 3. The van der Waals surface area contributed by atoms with E-state index in [2.05, 4.69) is 58.4 Å². The maximum atomic E-state index is 14.6. The number of nitrogens with two attached hydrogens (primary N) is 1. The molecular weight excluding hydrogens is 1320 g/mol. The van der Waals surface area contributed by atoms with Crippen molar-refractivity contribution in [3.8, 4) is 11.5 Å². The first kappa shape index (κ1) is 74.4. The molecule has 0 spiro atoms. The highest BCUT2D eigenvalue weighted by atomic mass is 79.9. The van der Waals surface area contributed by atoms with Gasteiger partial charge in [0.1, 0.15) is 58.8 Å². The number of ether oxygens (including phenoxy) is 7. The monoisotopic (exact) mass is 1410 g/mol. The number of aldehydes is 1. The molecule has 25 nitrogen and oxygen atoms in total. The Morgan fingerprint density at radius 1 is 0.978 bits per heavy atom. The van der Waals surface area contributed by atoms with Gasteiger partial charge in [-0.25, -0.2) is 14.4 Å². The molecule has 90 heavy (non-hydrogen) atoms. The van der Waals surface area contributed by atoms with E-state index < -0.39 is 120 Å². The van der Waals surface area contributed by atoms with Crippen molar-refractivity contribution in [2.45, 2.75) is 166 Å². The zero-order chi connectivity index (χ0) is 66.9. The van der Waals surface area contributed by atoms with Crippen molar-refractivity contribution in [1.82, 2.24) is 26.2 Å². The summed E-state index contributed by atoms with van der Waals surface area (Å²) in [5, 5.41) is 26.6. The van der Waals surface area contributed by atoms with Crippen molar-refractivity contribution in [3.05, 3.63) is 70.3 Å². The number of amides is 7. The first-order valence-electron chi connectivity index (χ1n) is 29.7. The molecule has 0 aromatic heterocycles. The van der Waals surface area contributed by atoms with Gasteiger partial charge in [-0.05, 0) is 102 Å². The minimum Gasteiger partial charge on any atom is -0.496 e. The fourth-order valence-electron chi connectivity index (χ4n) is 10.7. The highest BCUT2D eigenvalue weighted by Crippen LogP contribution is 2.49. The Morgan fingerprint density at radius 2 is 1.67 bits per heavy atom. The predicted octanol–water partition coefficient (Wildman–Crippen LogP) is 6.40. The van der Waals surface area contributed by atoms with E-state index in [1.165, 1.54) is 65.4 Å². The number of urea groups is 1. The van der Waals surface area contributed by atoms with E-state index in [1.807, 2.05) is 13.0 Å². The van der Waals surface area contributed by atoms with Gasteiger partial charge >= 0.3 is 24.1 Å². The molecule has 2 aromatic rings. The maximum Gasteiger partial charge on any atom is 0.409 e. The molecule has 1 unspecified atom stereocenters. The average Bonchev–Trinajstić information content (AvgIpc) is 1.58. The van der Waals surface area contributed by atoms with E-state index in [1.54, 1.807) is 58.9 Å². The SMILES string of the molecule is COc1cc(NC(=O)[C@H](CCCNC(N)=O)NC(=O)[C@@H](N[C@H](C=O)CCCC(C)OC(=O)C(CBr)CBr)C(C)C)ccc1C(=O)N(C)[C@@H](C)C(=O)O[C@H]1CC(=O)N(C)c2cc(cc(OC)c2Cl)C/C(C)=C/C=C/[C@@H](OC)[C@@]2(O)C[C@H](OC(=O)N2)[C@@H](C)[C@@H]2O[C@@]12C. The molecule has 498 valence electrons. The van der Waals surface area contributed by atoms with E-state index in [4.69, 9.17) is 50.5 Å². The van der Waals surface area contributed by atoms with Gasteiger partial charge in [0.15, 0.2) is 5.72 Å². The number of carbonyl (C=O) groups excluding carboxylic acids is 9. The Balaban J connectivity index is 1.35. The zero-order valence-corrected chi connectivity index (χ0v) is 56.9. The number of fused-ring (bicyclic) bond motifs is 5. The molecule has 2 saturated heterocycles. The average molecular weight is 1410 g/mol. The smallest absolute Gasteiger partial charge is 0.409 e. The first-order valence-corrected chi connectivity index (χ1v) is 32.3. The van der Waals surface area contributed by atoms with Crippen molar-refractivity contribution in [2.75, 3.05) is 62.8 Å². The number of alkyl carbamates (subject to hydrolysis) is 1. The van der Waals surface area contributed by atoms with Crippen LogP contribution in [0.1, 0.15) is 109 Å². The van der Waals surface area contributed by atoms with Crippen molar-refractivity contribution < 1.29 is 81.4 Å². The van der Waals surface area contributed by atoms with Crippen molar-refractivity contribution >= 4 is 109 Å². The minimum absolute atomic E-state index is 0.0113. The van der Waals surface area contributed by atoms with E-state index in [0.717, 1.165) is 16.0 Å². The van der Waals surface area contributed by atoms with E-state index in [-0.39, 0.29) is 65.6 Å². The summed E-state index contributed by atoms with van der Waals surface area (Å²) in [6.07, 6.45) is 1.73. The third-order valence-electron chi connectivity index (χ3n) is 16.4. The van der Waals surface area contributed by atoms with E-state index in [0.29, 0.717) is 54.1 Å². The molecule has 28 heteroatoms. The van der Waals surface area contributed by atoms with Crippen LogP contribution in [0.2, 0.25) is 5.02 Å². The summed E-state index contributed by atoms with van der Waals surface area (Å²) in [7, 11) is 7.04. The van der Waals surface area contributed by atoms with Crippen LogP contribution in [0.25, 0.3) is 0 Å². The highest BCUT2D eigenvalue weighted by Gasteiger charge is 2.64. The van der Waals surface area contributed by atoms with Gasteiger partial charge in [-0.15, -0.1) is 0 Å². The molecule has 0 radical (unpaired) electrons. The van der Waals surface area contributed by atoms with Gasteiger partial charge in [-0.2, -0.15) is 0 Å². The van der Waals surface area contributed by atoms with E-state index in [9.17, 15) is 48.3 Å². The second-order valence-electron chi connectivity index (χ2n) is 23.5. The van der Waals surface area contributed by atoms with Crippen LogP contribution >= 0.6 is 43.5 Å². The number of aliphatic hydroxyl groups is 1. The number of hydrogen-bond acceptors (Lipinski definition) is 18. The molecule has 5 rings (SSSR count). The normalized spacial score (nSPS) is 24.4. The van der Waals surface area contributed by atoms with E-state index >= 15 is 0 Å². The number of primary amides is 1. The number of nitrogens with zero attached hydrogens (tertiary/aromatic N) is 2. The number of esters is 2. The van der Waals surface area contributed by atoms with Gasteiger partial charge in [-0.1, -0.05) is 88.0 Å². The molecule has 4 bridgehead atoms. The van der Waals surface area contributed by atoms with Gasteiger partial charge in [0.05, 0.1) is 62.1 Å². The molecule has 12 atom stereocenters. The van der Waals surface area contributed by atoms with Crippen LogP contribution < -0.4 is 46.7 Å². The largest absolute Gasteiger partial charge is 0.496 e. The molecule has 3 aliphatic heterocycles. The summed E-state index contributed by atoms with van der Waals surface area (Å²) < 4.78 is 40.9. The number of anilines is 2. The Bertz CT molecular complexity index is 2970. The molecule has 2 fully saturated rings. The number of hydrogen-bond donors (Lipinski definition) is 7. The number of alkyl halides is 2. The highest BCUT2D eigenvalue weighted by molar-refractivity contribution is 9.09. The lowest BCUT2D eigenvalue weighted by atomic mass is 9.83. The number of benzene rings is 2. The standard InChI is InChI=1S/C62H87Br2ClN8O17/c1-33(2)52(68-41(32-74)18-14-17-35(4)87-58(80)39(30-63)31-64)55(77)70-43(19-15-23-67-59(66)81)54(76)69-40-21-22-42(45(27-40)84-10)56(78)72(8)37(6)57(79)89-49-28-50(75)73(9)44-25-38(26-46(85-11)51(44)65)24-34(3)16-13-20-48(86-12)62(83)29-47(88-60(82)71-62)36(5)53-61(49,7)90-53/h13,16,20-22,25-27,32-33,35-37,39,41,43,47-49,52-53,68,83H,14-15,17-19,23-24,28-31H2,1-12H3,(H,69,76)(H,70,77)(H,71,82)(H3,66,67,81)/b20-13+,34-16+/t35?,36-,37+,41+,43+,47+,48-,49+,52+,53+,61+,62+/m1/s1. The summed E-state index contributed by atoms with van der Waals surface area (Å²) in [4.78, 5) is 124. The van der Waals surface area contributed by atoms with Crippen LogP contribution in [-0.2, 0) is 58.9 Å². The molecule has 2 aromatic carbocycles. The Hall–Kier alpha value is -6.36. The third-order valence-corrected chi connectivity index (χ3v) is 18.4. The second-order valence-corrected chi connectivity index (χ2v) is 25.2. The van der Waals surface area contributed by atoms with Crippen molar-refractivity contribution in [2.24, 2.45) is 23.5 Å². The summed E-state index contributed by atoms with van der Waals surface area (Å²) >= 11 is 13.5. The Kier molecular flexibility index (Phi) is 27.9. The van der Waals surface area contributed by atoms with Crippen LogP contribution in [-0.4, -0.2) is 183 Å². The van der Waals surface area contributed by atoms with Crippen LogP contribution in [0.5, 0.6) is 11.5 Å². The lowest BCUT2D eigenvalue weighted by Gasteiger charge is -2.42. The molecule has 0 aliphatic carbocycles. The minimum atomic E-state index is -1.93. The first-order chi connectivity index (χ1) is 42.5. The number of methoxy groups -OCH3 is 3. The van der Waals surface area contributed by atoms with Gasteiger partial charge in [0, 0.05) is 62.5 Å². The molecule has 3 heterocycles. The van der Waals surface area contributed by atoms with Crippen molar-refractivity contribution in [3.63, 3.8) is 0 Å². The third kappa shape index (κ3) is 19.6. The molecule has 7 amide bonds. The number of rotatable bonds is 27. The second kappa shape index (κ2) is 33.8. The molecule has 8 N–H and O–H groups in total. The number of epoxide rings is 1. The number of likely N-dealkylation sites (N-methyl/N-ethyl adjacent to an activating group) is 1. The number of nitrogens with one attached hydrogen (secondary N) is 5. The number of allylic oxidation sites excluding steroid dienone is 3. The van der Waals surface area contributed by atoms with Gasteiger partial charge < -0.3 is 74.5 Å². The van der Waals surface area contributed by atoms with Crippen LogP contribution in [0.15, 0.2) is 54.1 Å². The maximum absolute atomic E-state index is 14.6. The van der Waals surface area contributed by atoms with Gasteiger partial charge in [0.2, 0.25) is 17.7 Å². The van der Waals surface area contributed by atoms with Crippen LogP contribution in [0.4, 0.5) is 21.0 Å². The number of carbonyl (C=O) groups is 9. The Labute approximate surface area is 547 Å². The van der Waals surface area contributed by atoms with Gasteiger partial charge in [-0.3, -0.25) is 34.6 Å². The quantitative estimate of drug-likeness (QED) is 0.0127. The lowest BCUT2D eigenvalue weighted by Crippen LogP contribution is -2.63. The van der Waals surface area contributed by atoms with Crippen LogP contribution in [0.3, 0.4) is 0 Å². The summed E-state index contributed by atoms with van der Waals surface area (Å²) in [6, 6.07) is 2.70. The van der Waals surface area contributed by atoms with Crippen molar-refractivity contribution in [1.29, 1.82) is 0 Å². The van der Waals surface area contributed by atoms with Gasteiger partial charge in [0.25, 0.3) is 5.91 Å².